The van der Waals surface area contributed by atoms with E-state index < -0.39 is 177 Å². The first-order valence-corrected chi connectivity index (χ1v) is 33.9. The molecule has 30 nitrogen and oxygen atoms in total. The summed E-state index contributed by atoms with van der Waals surface area (Å²) >= 11 is 0. The van der Waals surface area contributed by atoms with E-state index in [1.807, 2.05) is 19.6 Å². The fourth-order valence-corrected chi connectivity index (χ4v) is 11.0. The number of aromatic nitrogens is 1. The van der Waals surface area contributed by atoms with Gasteiger partial charge in [0.15, 0.2) is 5.96 Å². The number of nitrogens with zero attached hydrogens (tertiary/aromatic N) is 1. The number of nitrogens with two attached hydrogens (primary N) is 2. The van der Waals surface area contributed by atoms with Gasteiger partial charge in [0.1, 0.15) is 54.4 Å². The molecule has 20 N–H and O–H groups in total. The molecule has 2 heterocycles. The highest BCUT2D eigenvalue weighted by Gasteiger charge is 2.42. The lowest BCUT2D eigenvalue weighted by molar-refractivity contribution is -0.139. The van der Waals surface area contributed by atoms with Gasteiger partial charge >= 0.3 is 0 Å². The third-order valence-corrected chi connectivity index (χ3v) is 16.4. The van der Waals surface area contributed by atoms with Gasteiger partial charge in [0.2, 0.25) is 65.0 Å². The van der Waals surface area contributed by atoms with Crippen LogP contribution in [0.15, 0.2) is 54.9 Å². The highest BCUT2D eigenvalue weighted by Crippen LogP contribution is 2.21. The third-order valence-electron chi connectivity index (χ3n) is 14.8. The highest BCUT2D eigenvalue weighted by atomic mass is 28.3. The van der Waals surface area contributed by atoms with Gasteiger partial charge in [-0.1, -0.05) is 104 Å². The van der Waals surface area contributed by atoms with Crippen molar-refractivity contribution in [1.82, 2.24) is 68.8 Å². The lowest BCUT2D eigenvalue weighted by atomic mass is 9.94. The van der Waals surface area contributed by atoms with Crippen molar-refractivity contribution < 1.29 is 68.1 Å². The minimum absolute atomic E-state index is 0.0468. The summed E-state index contributed by atoms with van der Waals surface area (Å²) in [5, 5.41) is 71.4. The van der Waals surface area contributed by atoms with Crippen LogP contribution in [-0.4, -0.2) is 192 Å². The maximum Gasteiger partial charge on any atom is 0.245 e. The largest absolute Gasteiger partial charge is 0.394 e. The van der Waals surface area contributed by atoms with E-state index in [4.69, 9.17) is 16.9 Å². The van der Waals surface area contributed by atoms with E-state index in [0.29, 0.717) is 11.6 Å². The highest BCUT2D eigenvalue weighted by molar-refractivity contribution is 6.76. The lowest BCUT2D eigenvalue weighted by Gasteiger charge is -2.34. The quantitative estimate of drug-likeness (QED) is 0.0249. The maximum atomic E-state index is 15.5. The van der Waals surface area contributed by atoms with Crippen LogP contribution in [0.1, 0.15) is 98.2 Å². The Labute approximate surface area is 526 Å². The van der Waals surface area contributed by atoms with Gasteiger partial charge in [0, 0.05) is 33.4 Å². The van der Waals surface area contributed by atoms with Gasteiger partial charge in [0.25, 0.3) is 0 Å². The number of benzene rings is 1. The minimum atomic E-state index is -2.03. The Morgan fingerprint density at radius 2 is 1.31 bits per heavy atom. The lowest BCUT2D eigenvalue weighted by Crippen LogP contribution is -2.65. The van der Waals surface area contributed by atoms with Crippen LogP contribution in [-0.2, 0) is 59.2 Å². The average molecular weight is 1280 g/mol. The van der Waals surface area contributed by atoms with E-state index in [2.05, 4.69) is 68.8 Å². The Morgan fingerprint density at radius 1 is 0.722 bits per heavy atom. The molecule has 1 aromatic carbocycles. The molecule has 0 aliphatic carbocycles. The first-order valence-electron chi connectivity index (χ1n) is 30.2. The predicted octanol–water partition coefficient (Wildman–Crippen LogP) is -3.59. The zero-order valence-corrected chi connectivity index (χ0v) is 54.2. The molecule has 2 aromatic rings. The molecule has 31 heteroatoms. The molecule has 0 bridgehead atoms. The topological polar surface area (TPSA) is 482 Å². The van der Waals surface area contributed by atoms with Crippen molar-refractivity contribution >= 4 is 79.0 Å². The van der Waals surface area contributed by atoms with Gasteiger partial charge in [0.05, 0.1) is 37.4 Å². The van der Waals surface area contributed by atoms with E-state index in [1.54, 1.807) is 45.9 Å². The van der Waals surface area contributed by atoms with Crippen LogP contribution in [0.4, 0.5) is 0 Å². The van der Waals surface area contributed by atoms with Crippen LogP contribution in [0.3, 0.4) is 0 Å². The molecule has 3 rings (SSSR count). The Balaban J connectivity index is 2.37. The summed E-state index contributed by atoms with van der Waals surface area (Å²) in [6.45, 7) is 16.4. The molecule has 1 unspecified atom stereocenters. The first kappa shape index (κ1) is 76.1. The Bertz CT molecular complexity index is 2780. The second-order valence-corrected chi connectivity index (χ2v) is 30.2. The fourth-order valence-electron chi connectivity index (χ4n) is 9.52. The third kappa shape index (κ3) is 25.0. The molecular weight excluding hydrogens is 1180 g/mol. The zero-order chi connectivity index (χ0) is 67.7. The summed E-state index contributed by atoms with van der Waals surface area (Å²) in [7, 11) is -1.98. The van der Waals surface area contributed by atoms with Gasteiger partial charge in [-0.25, -0.2) is 0 Å². The second kappa shape index (κ2) is 36.5. The van der Waals surface area contributed by atoms with E-state index in [-0.39, 0.29) is 56.1 Å². The summed E-state index contributed by atoms with van der Waals surface area (Å²) in [4.78, 5) is 162. The molecule has 1 fully saturated rings. The fraction of sp³-hybridized carbons (Fsp3) is 0.610. The first-order chi connectivity index (χ1) is 42.2. The molecule has 1 saturated heterocycles. The number of nitrogens with one attached hydrogen (secondary N) is 13. The zero-order valence-electron chi connectivity index (χ0n) is 53.2. The molecule has 14 atom stereocenters. The number of amides is 11. The smallest absolute Gasteiger partial charge is 0.245 e. The summed E-state index contributed by atoms with van der Waals surface area (Å²) in [6.07, 6.45) is -0.498. The number of carbonyl (C=O) groups excluding carboxylic acids is 11. The van der Waals surface area contributed by atoms with Crippen LogP contribution in [0.25, 0.3) is 0 Å². The van der Waals surface area contributed by atoms with E-state index in [1.165, 1.54) is 64.4 Å². The Kier molecular flexibility index (Phi) is 30.9. The Hall–Kier alpha value is -8.13. The molecule has 1 aliphatic rings. The van der Waals surface area contributed by atoms with Crippen LogP contribution in [0, 0.1) is 23.2 Å². The number of aliphatic hydroxyl groups is 3. The normalized spacial score (nSPS) is 24.4. The summed E-state index contributed by atoms with van der Waals surface area (Å²) in [6, 6.07) is -6.57. The number of pyridine rings is 1. The van der Waals surface area contributed by atoms with Crippen LogP contribution in [0.2, 0.25) is 25.7 Å². The van der Waals surface area contributed by atoms with Crippen LogP contribution in [0.5, 0.6) is 0 Å². The number of aliphatic hydroxyl groups excluding tert-OH is 3. The van der Waals surface area contributed by atoms with Crippen LogP contribution < -0.4 is 75.3 Å². The van der Waals surface area contributed by atoms with Gasteiger partial charge in [-0.05, 0) is 74.1 Å². The summed E-state index contributed by atoms with van der Waals surface area (Å²) in [5.41, 5.74) is 12.5. The predicted molar refractivity (Wildman–Crippen MR) is 335 cm³/mol. The van der Waals surface area contributed by atoms with Crippen molar-refractivity contribution in [3.63, 3.8) is 0 Å². The number of guanidine groups is 1. The molecular formula is C59H96N16O14Si. The van der Waals surface area contributed by atoms with Gasteiger partial charge < -0.3 is 90.6 Å². The Morgan fingerprint density at radius 3 is 1.88 bits per heavy atom. The van der Waals surface area contributed by atoms with Crippen molar-refractivity contribution in [3.8, 4) is 0 Å². The maximum absolute atomic E-state index is 15.5. The van der Waals surface area contributed by atoms with Gasteiger partial charge in [-0.15, -0.1) is 0 Å². The molecule has 90 heavy (non-hydrogen) atoms. The van der Waals surface area contributed by atoms with Crippen molar-refractivity contribution in [2.45, 2.75) is 192 Å². The molecule has 1 aromatic heterocycles. The number of carbonyl (C=O) groups is 11. The van der Waals surface area contributed by atoms with Crippen molar-refractivity contribution in [2.75, 3.05) is 19.7 Å². The van der Waals surface area contributed by atoms with Crippen molar-refractivity contribution in [2.24, 2.45) is 29.2 Å². The SMILES string of the molecule is CC[C@H](C)[C@@H]1NC(=O)[C@@H](CCCNC(=N)N)NC(=O)[C@H](CC(C)C)NC(=O)[C@H]([C@H](O)C(C)C)NC(=O)[C@@H](NC(=O)[C@H](Cc2cccnc2)NC(=O)[C@H](N)C[Si](C)(C)C)[C@@H](c2ccccc2)NC(=O)C(CO)NC(=O)[C@H](C)NC(=O)CNC(=O)[C@H]([C@H](C)O)NC1=O. The number of hydrogen-bond donors (Lipinski definition) is 18. The monoisotopic (exact) mass is 1280 g/mol. The van der Waals surface area contributed by atoms with Crippen molar-refractivity contribution in [1.29, 1.82) is 5.41 Å². The second-order valence-electron chi connectivity index (χ2n) is 24.7. The van der Waals surface area contributed by atoms with Gasteiger partial charge in [-0.2, -0.15) is 0 Å². The van der Waals surface area contributed by atoms with E-state index >= 15 is 9.59 Å². The van der Waals surface area contributed by atoms with Crippen LogP contribution >= 0.6 is 0 Å². The summed E-state index contributed by atoms with van der Waals surface area (Å²) in [5.74, 6) is -13.3. The van der Waals surface area contributed by atoms with Gasteiger partial charge in [-0.3, -0.25) is 63.1 Å². The molecule has 0 saturated carbocycles. The molecule has 1 aliphatic heterocycles. The molecule has 0 spiro atoms. The van der Waals surface area contributed by atoms with E-state index in [9.17, 15) is 58.5 Å². The van der Waals surface area contributed by atoms with Crippen molar-refractivity contribution in [3.05, 3.63) is 66.0 Å². The number of rotatable bonds is 21. The number of hydrogen-bond acceptors (Lipinski definition) is 17. The molecule has 11 amide bonds. The average Bonchev–Trinajstić information content (AvgIpc) is 1.18. The standard InChI is InChI=1S/C59H96N16O14Si/c1-12-32(6)43-56(87)72-44(34(8)77)55(86)65-27-42(78)66-33(7)49(80)70-41(28-76)54(85)73-45(36-19-14-13-15-20-36)46(74-53(84)40(25-35-18-16-22-63-26-35)68-50(81)37(60)29-90(9,10)11)57(88)75-47(48(79)31(4)5)58(89)69-39(24-30(2)3)52(83)67-38(51(82)71-43)21-17-23-64-59(61)62/h13-16,18-20,22,26,30-34,37-41,43-48,76-77,79H,12,17,21,23-25,27-29,60H2,1-11H3,(H,65,86)(H,66,78)(H,67,83)(H,68,81)(H,69,89)(H,70,80)(H,71,82)(H,72,87)(H,73,85)(H,74,84)(H,75,88)(H4,61,62,64)/t32-,33-,34-,37+,38+,39-,40-,41?,43-,44-,45+,46-,47-,48+/m0/s1. The molecule has 0 radical (unpaired) electrons. The summed E-state index contributed by atoms with van der Waals surface area (Å²) < 4.78 is 0. The van der Waals surface area contributed by atoms with E-state index in [0.717, 1.165) is 0 Å². The molecule has 500 valence electrons. The minimum Gasteiger partial charge on any atom is -0.394 e.